The van der Waals surface area contributed by atoms with E-state index in [1.807, 2.05) is 3.34 Å². The van der Waals surface area contributed by atoms with Crippen LogP contribution in [0.4, 0.5) is 0 Å². The number of benzene rings is 2. The first kappa shape index (κ1) is 14.2. The second kappa shape index (κ2) is 7.34. The van der Waals surface area contributed by atoms with Gasteiger partial charge in [0.1, 0.15) is 0 Å². The van der Waals surface area contributed by atoms with E-state index in [0.29, 0.717) is 0 Å². The van der Waals surface area contributed by atoms with Crippen LogP contribution in [-0.2, 0) is 0 Å². The Hall–Kier alpha value is 0.289. The molecule has 0 unspecified atom stereocenters. The van der Waals surface area contributed by atoms with Crippen molar-refractivity contribution in [2.24, 2.45) is 0 Å². The van der Waals surface area contributed by atoms with Gasteiger partial charge in [-0.3, -0.25) is 0 Å². The molecule has 1 heterocycles. The van der Waals surface area contributed by atoms with E-state index in [2.05, 4.69) is 72.8 Å². The van der Waals surface area contributed by atoms with Gasteiger partial charge in [-0.25, -0.2) is 0 Å². The molecular weight excluding hydrogens is 575 g/mol. The van der Waals surface area contributed by atoms with Crippen molar-refractivity contribution in [3.8, 4) is 0 Å². The Kier molecular flexibility index (Phi) is 5.50. The van der Waals surface area contributed by atoms with Crippen LogP contribution in [0, 0.1) is 0 Å². The predicted octanol–water partition coefficient (Wildman–Crippen LogP) is 3.02. The monoisotopic (exact) mass is 594 g/mol. The van der Waals surface area contributed by atoms with Crippen LogP contribution in [-0.4, -0.2) is 55.0 Å². The summed E-state index contributed by atoms with van der Waals surface area (Å²) in [5.41, 5.74) is 2.81. The van der Waals surface area contributed by atoms with Crippen molar-refractivity contribution < 1.29 is 0 Å². The summed E-state index contributed by atoms with van der Waals surface area (Å²) in [6.07, 6.45) is 4.97. The maximum absolute atomic E-state index is 2.49. The molecule has 3 heteroatoms. The van der Waals surface area contributed by atoms with Crippen LogP contribution in [0.15, 0.2) is 64.0 Å². The van der Waals surface area contributed by atoms with E-state index in [-0.39, 0.29) is 55.0 Å². The van der Waals surface area contributed by atoms with E-state index in [4.69, 9.17) is 0 Å². The van der Waals surface area contributed by atoms with Gasteiger partial charge >= 0.3 is 142 Å². The Bertz CT molecular complexity index is 545. The van der Waals surface area contributed by atoms with Crippen LogP contribution >= 0.6 is 0 Å². The SMILES string of the molecule is C(=C1/[Te][Te]/C(=C/c2ccccc2)[Te]1)/c1ccccc1. The van der Waals surface area contributed by atoms with Gasteiger partial charge in [-0.05, 0) is 0 Å². The topological polar surface area (TPSA) is 0 Å². The number of hydrogen-bond acceptors (Lipinski definition) is 0. The van der Waals surface area contributed by atoms with Crippen LogP contribution in [0.2, 0.25) is 0 Å². The molecule has 0 N–H and O–H groups in total. The van der Waals surface area contributed by atoms with Crippen LogP contribution in [0.5, 0.6) is 0 Å². The van der Waals surface area contributed by atoms with Crippen molar-refractivity contribution in [1.29, 1.82) is 0 Å². The van der Waals surface area contributed by atoms with Crippen molar-refractivity contribution >= 4 is 67.2 Å². The Morgan fingerprint density at radius 3 is 1.42 bits per heavy atom. The van der Waals surface area contributed by atoms with Gasteiger partial charge in [-0.1, -0.05) is 0 Å². The average Bonchev–Trinajstić information content (AvgIpc) is 2.88. The van der Waals surface area contributed by atoms with Gasteiger partial charge in [0.2, 0.25) is 0 Å². The summed E-state index contributed by atoms with van der Waals surface area (Å²) in [6, 6.07) is 21.7. The average molecular weight is 587 g/mol. The second-order valence-electron chi connectivity index (χ2n) is 4.02. The molecule has 94 valence electrons. The molecule has 2 aromatic carbocycles. The van der Waals surface area contributed by atoms with Crippen molar-refractivity contribution in [3.05, 3.63) is 75.1 Å². The van der Waals surface area contributed by atoms with Gasteiger partial charge < -0.3 is 0 Å². The van der Waals surface area contributed by atoms with Gasteiger partial charge in [0.25, 0.3) is 0 Å². The number of hydrogen-bond donors (Lipinski definition) is 0. The predicted molar refractivity (Wildman–Crippen MR) is 86.1 cm³/mol. The summed E-state index contributed by atoms with van der Waals surface area (Å²) >= 11 is 0.429. The summed E-state index contributed by atoms with van der Waals surface area (Å²) in [6.45, 7) is 0. The molecule has 0 aliphatic carbocycles. The van der Waals surface area contributed by atoms with E-state index in [1.165, 1.54) is 11.1 Å². The molecule has 3 rings (SSSR count). The van der Waals surface area contributed by atoms with Gasteiger partial charge in [0.15, 0.2) is 0 Å². The zero-order valence-corrected chi connectivity index (χ0v) is 17.1. The summed E-state index contributed by atoms with van der Waals surface area (Å²) in [5.74, 6) is 0. The van der Waals surface area contributed by atoms with Crippen LogP contribution < -0.4 is 0 Å². The van der Waals surface area contributed by atoms with Crippen molar-refractivity contribution in [3.63, 3.8) is 0 Å². The van der Waals surface area contributed by atoms with Crippen LogP contribution in [0.3, 0.4) is 0 Å². The zero-order valence-electron chi connectivity index (χ0n) is 10.2. The van der Waals surface area contributed by atoms with Crippen LogP contribution in [0.1, 0.15) is 11.1 Å². The third-order valence-electron chi connectivity index (χ3n) is 2.58. The summed E-state index contributed by atoms with van der Waals surface area (Å²) < 4.78 is 3.73. The molecule has 19 heavy (non-hydrogen) atoms. The molecule has 2 aromatic rings. The standard InChI is InChI=1S/C16H12Te3/c1-3-7-13(8-4-1)11-15-17-16(19-18-15)12-14-9-5-2-6-10-14/h1-12H/b15-11-,16-12+. The molecule has 0 amide bonds. The first-order chi connectivity index (χ1) is 9.40. The molecule has 0 nitrogen and oxygen atoms in total. The van der Waals surface area contributed by atoms with Crippen LogP contribution in [0.25, 0.3) is 12.2 Å². The van der Waals surface area contributed by atoms with E-state index >= 15 is 0 Å². The van der Waals surface area contributed by atoms with E-state index in [9.17, 15) is 0 Å². The molecule has 0 aromatic heterocycles. The molecule has 1 aliphatic heterocycles. The third kappa shape index (κ3) is 4.38. The molecule has 1 aliphatic rings. The van der Waals surface area contributed by atoms with Gasteiger partial charge in [-0.2, -0.15) is 0 Å². The van der Waals surface area contributed by atoms with Crippen molar-refractivity contribution in [2.45, 2.75) is 0 Å². The number of rotatable bonds is 2. The van der Waals surface area contributed by atoms with Gasteiger partial charge in [0.05, 0.1) is 0 Å². The molecular formula is C16H12Te3. The maximum atomic E-state index is 2.49. The molecule has 0 bridgehead atoms. The van der Waals surface area contributed by atoms with E-state index in [1.54, 1.807) is 0 Å². The molecule has 0 spiro atoms. The van der Waals surface area contributed by atoms with E-state index < -0.39 is 0 Å². The van der Waals surface area contributed by atoms with Crippen molar-refractivity contribution in [1.82, 2.24) is 0 Å². The summed E-state index contributed by atoms with van der Waals surface area (Å²) in [7, 11) is 0. The normalized spacial score (nSPS) is 19.2. The fraction of sp³-hybridized carbons (Fsp3) is 0. The Morgan fingerprint density at radius 2 is 1.00 bits per heavy atom. The van der Waals surface area contributed by atoms with Crippen molar-refractivity contribution in [2.75, 3.05) is 0 Å². The second-order valence-corrected chi connectivity index (χ2v) is 22.0. The quantitative estimate of drug-likeness (QED) is 0.475. The van der Waals surface area contributed by atoms with Gasteiger partial charge in [-0.15, -0.1) is 0 Å². The minimum absolute atomic E-state index is 0.00600. The Morgan fingerprint density at radius 1 is 0.579 bits per heavy atom. The summed E-state index contributed by atoms with van der Waals surface area (Å²) in [4.78, 5) is 0. The third-order valence-corrected chi connectivity index (χ3v) is 34.8. The fourth-order valence-electron chi connectivity index (χ4n) is 1.69. The Labute approximate surface area is 140 Å². The molecule has 1 fully saturated rings. The Balaban J connectivity index is 1.74. The first-order valence-corrected chi connectivity index (χ1v) is 18.0. The fourth-order valence-corrected chi connectivity index (χ4v) is 35.7. The molecule has 0 radical (unpaired) electrons. The van der Waals surface area contributed by atoms with Gasteiger partial charge in [0, 0.05) is 0 Å². The molecule has 0 saturated carbocycles. The minimum atomic E-state index is 0.00600. The summed E-state index contributed by atoms with van der Waals surface area (Å²) in [5, 5.41) is 0. The van der Waals surface area contributed by atoms with E-state index in [0.717, 1.165) is 0 Å². The molecule has 1 saturated heterocycles. The molecule has 0 atom stereocenters. The first-order valence-electron chi connectivity index (χ1n) is 5.96. The zero-order chi connectivity index (χ0) is 12.9.